The third-order valence-electron chi connectivity index (χ3n) is 4.24. The molecule has 1 aliphatic heterocycles. The summed E-state index contributed by atoms with van der Waals surface area (Å²) in [5.41, 5.74) is 4.39. The zero-order valence-corrected chi connectivity index (χ0v) is 15.4. The number of sulfone groups is 1. The number of carbonyl (C=O) groups excluding carboxylic acids is 1. The number of nitrogens with zero attached hydrogens (tertiary/aromatic N) is 1. The average Bonchev–Trinajstić information content (AvgIpc) is 2.87. The van der Waals surface area contributed by atoms with Crippen LogP contribution in [-0.4, -0.2) is 26.1 Å². The van der Waals surface area contributed by atoms with Crippen LogP contribution in [0.2, 0.25) is 0 Å². The van der Waals surface area contributed by atoms with E-state index in [-0.39, 0.29) is 11.7 Å². The van der Waals surface area contributed by atoms with Crippen molar-refractivity contribution in [1.82, 2.24) is 0 Å². The minimum absolute atomic E-state index is 0.0857. The fourth-order valence-electron chi connectivity index (χ4n) is 3.10. The van der Waals surface area contributed by atoms with Gasteiger partial charge >= 0.3 is 0 Å². The van der Waals surface area contributed by atoms with Gasteiger partial charge in [-0.3, -0.25) is 4.79 Å². The fraction of sp³-hybridized carbons (Fsp3) is 0.250. The van der Waals surface area contributed by atoms with Crippen LogP contribution in [0, 0.1) is 20.8 Å². The van der Waals surface area contributed by atoms with E-state index in [1.807, 2.05) is 51.1 Å². The molecule has 5 heteroatoms. The molecule has 0 saturated carbocycles. The Bertz CT molecular complexity index is 923. The Balaban J connectivity index is 2.07. The molecule has 1 heterocycles. The predicted molar refractivity (Wildman–Crippen MR) is 101 cm³/mol. The Labute approximate surface area is 148 Å². The van der Waals surface area contributed by atoms with Gasteiger partial charge in [0.15, 0.2) is 9.84 Å². The van der Waals surface area contributed by atoms with Crippen LogP contribution < -0.4 is 4.90 Å². The molecule has 0 saturated heterocycles. The summed E-state index contributed by atoms with van der Waals surface area (Å²) in [7, 11) is -3.27. The molecule has 0 N–H and O–H groups in total. The topological polar surface area (TPSA) is 54.5 Å². The molecule has 2 aromatic carbocycles. The minimum atomic E-state index is -3.27. The summed E-state index contributed by atoms with van der Waals surface area (Å²) in [6.07, 6.45) is 1.60. The summed E-state index contributed by atoms with van der Waals surface area (Å²) >= 11 is 0. The Kier molecular flexibility index (Phi) is 4.52. The van der Waals surface area contributed by atoms with E-state index in [1.165, 1.54) is 5.41 Å². The first-order valence-electron chi connectivity index (χ1n) is 8.15. The SMILES string of the molecule is Cc1ccc(C(=O)N(c2cc(C)cc(C)c2)[C@H]2C=CS(=O)(=O)C2)cc1. The Morgan fingerprint density at radius 3 is 2.08 bits per heavy atom. The summed E-state index contributed by atoms with van der Waals surface area (Å²) in [5.74, 6) is -0.283. The number of hydrogen-bond donors (Lipinski definition) is 0. The molecule has 1 aliphatic rings. The molecule has 3 rings (SSSR count). The molecule has 1 atom stereocenters. The quantitative estimate of drug-likeness (QED) is 0.846. The fourth-order valence-corrected chi connectivity index (χ4v) is 4.37. The van der Waals surface area contributed by atoms with Gasteiger partial charge in [-0.1, -0.05) is 23.8 Å². The van der Waals surface area contributed by atoms with Gasteiger partial charge in [0.1, 0.15) is 0 Å². The lowest BCUT2D eigenvalue weighted by Crippen LogP contribution is -2.41. The molecular weight excluding hydrogens is 334 g/mol. The van der Waals surface area contributed by atoms with Crippen molar-refractivity contribution in [1.29, 1.82) is 0 Å². The lowest BCUT2D eigenvalue weighted by molar-refractivity contribution is 0.0983. The average molecular weight is 355 g/mol. The van der Waals surface area contributed by atoms with Crippen LogP contribution in [0.4, 0.5) is 5.69 Å². The van der Waals surface area contributed by atoms with Crippen LogP contribution in [0.25, 0.3) is 0 Å². The van der Waals surface area contributed by atoms with Crippen LogP contribution in [0.1, 0.15) is 27.0 Å². The molecule has 0 bridgehead atoms. The normalized spacial score (nSPS) is 18.3. The van der Waals surface area contributed by atoms with Gasteiger partial charge in [-0.25, -0.2) is 8.42 Å². The van der Waals surface area contributed by atoms with Crippen molar-refractivity contribution in [2.24, 2.45) is 0 Å². The molecule has 0 radical (unpaired) electrons. The summed E-state index contributed by atoms with van der Waals surface area (Å²) in [6, 6.07) is 12.7. The van der Waals surface area contributed by atoms with Crippen LogP contribution in [0.15, 0.2) is 53.9 Å². The van der Waals surface area contributed by atoms with Crippen LogP contribution in [0.3, 0.4) is 0 Å². The molecule has 25 heavy (non-hydrogen) atoms. The second-order valence-corrected chi connectivity index (χ2v) is 8.54. The smallest absolute Gasteiger partial charge is 0.258 e. The number of aryl methyl sites for hydroxylation is 3. The predicted octanol–water partition coefficient (Wildman–Crippen LogP) is 3.57. The zero-order chi connectivity index (χ0) is 18.2. The summed E-state index contributed by atoms with van der Waals surface area (Å²) in [4.78, 5) is 14.8. The van der Waals surface area contributed by atoms with Gasteiger partial charge < -0.3 is 4.90 Å². The van der Waals surface area contributed by atoms with Gasteiger partial charge in [-0.05, 0) is 62.2 Å². The monoisotopic (exact) mass is 355 g/mol. The maximum Gasteiger partial charge on any atom is 0.258 e. The highest BCUT2D eigenvalue weighted by Crippen LogP contribution is 2.27. The number of carbonyl (C=O) groups is 1. The van der Waals surface area contributed by atoms with E-state index in [9.17, 15) is 13.2 Å². The first kappa shape index (κ1) is 17.4. The highest BCUT2D eigenvalue weighted by atomic mass is 32.2. The lowest BCUT2D eigenvalue weighted by Gasteiger charge is -2.28. The Morgan fingerprint density at radius 2 is 1.56 bits per heavy atom. The highest BCUT2D eigenvalue weighted by Gasteiger charge is 2.32. The van der Waals surface area contributed by atoms with Gasteiger partial charge in [0.05, 0.1) is 11.8 Å². The van der Waals surface area contributed by atoms with E-state index in [4.69, 9.17) is 0 Å². The molecule has 0 spiro atoms. The number of anilines is 1. The van der Waals surface area contributed by atoms with E-state index in [1.54, 1.807) is 23.1 Å². The highest BCUT2D eigenvalue weighted by molar-refractivity contribution is 7.94. The first-order valence-corrected chi connectivity index (χ1v) is 9.86. The molecule has 0 aliphatic carbocycles. The number of amides is 1. The van der Waals surface area contributed by atoms with Crippen molar-refractivity contribution in [3.63, 3.8) is 0 Å². The lowest BCUT2D eigenvalue weighted by atomic mass is 10.1. The van der Waals surface area contributed by atoms with E-state index < -0.39 is 15.9 Å². The minimum Gasteiger partial charge on any atom is -0.300 e. The van der Waals surface area contributed by atoms with Crippen molar-refractivity contribution in [3.8, 4) is 0 Å². The van der Waals surface area contributed by atoms with Crippen LogP contribution >= 0.6 is 0 Å². The molecule has 130 valence electrons. The maximum atomic E-state index is 13.2. The van der Waals surface area contributed by atoms with Crippen molar-refractivity contribution in [3.05, 3.63) is 76.2 Å². The van der Waals surface area contributed by atoms with Crippen molar-refractivity contribution >= 4 is 21.4 Å². The molecule has 0 unspecified atom stereocenters. The van der Waals surface area contributed by atoms with E-state index >= 15 is 0 Å². The summed E-state index contributed by atoms with van der Waals surface area (Å²) in [6.45, 7) is 5.89. The number of benzene rings is 2. The number of rotatable bonds is 3. The first-order chi connectivity index (χ1) is 11.7. The summed E-state index contributed by atoms with van der Waals surface area (Å²) < 4.78 is 23.8. The maximum absolute atomic E-state index is 13.2. The molecule has 0 aromatic heterocycles. The van der Waals surface area contributed by atoms with Gasteiger partial charge in [0.2, 0.25) is 0 Å². The molecule has 1 amide bonds. The third kappa shape index (κ3) is 3.82. The Hall–Kier alpha value is -2.40. The van der Waals surface area contributed by atoms with Gasteiger partial charge in [0.25, 0.3) is 5.91 Å². The van der Waals surface area contributed by atoms with Crippen molar-refractivity contribution < 1.29 is 13.2 Å². The van der Waals surface area contributed by atoms with Gasteiger partial charge in [-0.2, -0.15) is 0 Å². The Morgan fingerprint density at radius 1 is 0.960 bits per heavy atom. The van der Waals surface area contributed by atoms with Crippen molar-refractivity contribution in [2.75, 3.05) is 10.7 Å². The molecular formula is C20H21NO3S. The van der Waals surface area contributed by atoms with Crippen LogP contribution in [0.5, 0.6) is 0 Å². The zero-order valence-electron chi connectivity index (χ0n) is 14.6. The van der Waals surface area contributed by atoms with E-state index in [2.05, 4.69) is 0 Å². The van der Waals surface area contributed by atoms with Crippen LogP contribution in [-0.2, 0) is 9.84 Å². The summed E-state index contributed by atoms with van der Waals surface area (Å²) in [5, 5.41) is 1.20. The standard InChI is InChI=1S/C20H21NO3S/c1-14-4-6-17(7-5-14)20(22)21(18-8-9-25(23,24)13-18)19-11-15(2)10-16(3)12-19/h4-12,18H,13H2,1-3H3/t18-/m0/s1. The van der Waals surface area contributed by atoms with E-state index in [0.717, 1.165) is 22.4 Å². The third-order valence-corrected chi connectivity index (χ3v) is 5.62. The largest absolute Gasteiger partial charge is 0.300 e. The van der Waals surface area contributed by atoms with Crippen molar-refractivity contribution in [2.45, 2.75) is 26.8 Å². The van der Waals surface area contributed by atoms with Gasteiger partial charge in [-0.15, -0.1) is 0 Å². The second kappa shape index (κ2) is 6.48. The molecule has 2 aromatic rings. The van der Waals surface area contributed by atoms with Gasteiger partial charge in [0, 0.05) is 16.7 Å². The second-order valence-electron chi connectivity index (χ2n) is 6.61. The van der Waals surface area contributed by atoms with E-state index in [0.29, 0.717) is 5.56 Å². The number of hydrogen-bond acceptors (Lipinski definition) is 3. The molecule has 0 fully saturated rings. The molecule has 4 nitrogen and oxygen atoms in total.